The number of hydrogen-bond donors (Lipinski definition) is 2. The Balaban J connectivity index is 1.57. The Morgan fingerprint density at radius 3 is 2.91 bits per heavy atom. The van der Waals surface area contributed by atoms with E-state index in [-0.39, 0.29) is 12.1 Å². The van der Waals surface area contributed by atoms with Crippen molar-refractivity contribution < 1.29 is 13.7 Å². The monoisotopic (exact) mass is 304 g/mol. The molecule has 0 bridgehead atoms. The first-order chi connectivity index (χ1) is 10.7. The maximum atomic E-state index is 12.0. The van der Waals surface area contributed by atoms with E-state index in [0.717, 1.165) is 18.8 Å². The number of aryl methyl sites for hydroxylation is 1. The topological polar surface area (TPSA) is 83.5 Å². The van der Waals surface area contributed by atoms with Gasteiger partial charge in [-0.25, -0.2) is 4.79 Å². The molecule has 3 heterocycles. The Hall–Kier alpha value is -2.28. The standard InChI is InChI=1S/C15H20N4O3/c1-11-9-14(18-22-11)17-15(20)16-10-12(13-5-4-8-21-13)19-6-2-3-7-19/h4-5,8-9,12H,2-3,6-7,10H2,1H3,(H2,16,17,18,20)/t12-/m0/s1. The quantitative estimate of drug-likeness (QED) is 0.887. The summed E-state index contributed by atoms with van der Waals surface area (Å²) in [4.78, 5) is 14.3. The van der Waals surface area contributed by atoms with Crippen LogP contribution in [0.4, 0.5) is 10.6 Å². The fourth-order valence-corrected chi connectivity index (χ4v) is 2.72. The molecule has 1 saturated heterocycles. The van der Waals surface area contributed by atoms with Crippen molar-refractivity contribution in [1.29, 1.82) is 0 Å². The minimum absolute atomic E-state index is 0.0577. The minimum atomic E-state index is -0.302. The first-order valence-corrected chi connectivity index (χ1v) is 7.48. The molecule has 1 aliphatic rings. The molecule has 1 aliphatic heterocycles. The van der Waals surface area contributed by atoms with Gasteiger partial charge in [0.15, 0.2) is 5.82 Å². The van der Waals surface area contributed by atoms with Crippen LogP contribution in [0.15, 0.2) is 33.4 Å². The second-order valence-corrected chi connectivity index (χ2v) is 5.43. The number of carbonyl (C=O) groups is 1. The zero-order valence-corrected chi connectivity index (χ0v) is 12.5. The number of likely N-dealkylation sites (tertiary alicyclic amines) is 1. The van der Waals surface area contributed by atoms with Gasteiger partial charge >= 0.3 is 6.03 Å². The summed E-state index contributed by atoms with van der Waals surface area (Å²) in [6.45, 7) is 4.31. The smallest absolute Gasteiger partial charge is 0.320 e. The highest BCUT2D eigenvalue weighted by Crippen LogP contribution is 2.24. The number of rotatable bonds is 5. The van der Waals surface area contributed by atoms with Crippen LogP contribution in [-0.2, 0) is 0 Å². The number of carbonyl (C=O) groups excluding carboxylic acids is 1. The minimum Gasteiger partial charge on any atom is -0.468 e. The molecule has 2 aromatic rings. The SMILES string of the molecule is Cc1cc(NC(=O)NC[C@@H](c2ccco2)N2CCCC2)no1. The number of nitrogens with one attached hydrogen (secondary N) is 2. The van der Waals surface area contributed by atoms with E-state index in [4.69, 9.17) is 8.94 Å². The molecular formula is C15H20N4O3. The van der Waals surface area contributed by atoms with Gasteiger partial charge in [-0.15, -0.1) is 0 Å². The fourth-order valence-electron chi connectivity index (χ4n) is 2.72. The van der Waals surface area contributed by atoms with E-state index in [2.05, 4.69) is 20.7 Å². The predicted octanol–water partition coefficient (Wildman–Crippen LogP) is 2.53. The predicted molar refractivity (Wildman–Crippen MR) is 80.5 cm³/mol. The van der Waals surface area contributed by atoms with Gasteiger partial charge in [0.05, 0.1) is 12.3 Å². The van der Waals surface area contributed by atoms with Gasteiger partial charge in [-0.3, -0.25) is 10.2 Å². The average Bonchev–Trinajstić information content (AvgIpc) is 3.22. The molecule has 0 aromatic carbocycles. The zero-order valence-electron chi connectivity index (χ0n) is 12.5. The van der Waals surface area contributed by atoms with Gasteiger partial charge in [0.1, 0.15) is 11.5 Å². The summed E-state index contributed by atoms with van der Waals surface area (Å²) < 4.78 is 10.4. The van der Waals surface area contributed by atoms with Crippen molar-refractivity contribution in [1.82, 2.24) is 15.4 Å². The third-order valence-corrected chi connectivity index (χ3v) is 3.78. The Morgan fingerprint density at radius 2 is 2.27 bits per heavy atom. The van der Waals surface area contributed by atoms with Crippen molar-refractivity contribution in [3.8, 4) is 0 Å². The first-order valence-electron chi connectivity index (χ1n) is 7.48. The second kappa shape index (κ2) is 6.65. The van der Waals surface area contributed by atoms with Crippen molar-refractivity contribution in [2.75, 3.05) is 25.0 Å². The molecule has 0 radical (unpaired) electrons. The number of furan rings is 1. The lowest BCUT2D eigenvalue weighted by Crippen LogP contribution is -2.38. The second-order valence-electron chi connectivity index (χ2n) is 5.43. The number of nitrogens with zero attached hydrogens (tertiary/aromatic N) is 2. The van der Waals surface area contributed by atoms with E-state index in [9.17, 15) is 4.79 Å². The Morgan fingerprint density at radius 1 is 1.45 bits per heavy atom. The lowest BCUT2D eigenvalue weighted by molar-refractivity contribution is 0.206. The molecule has 1 fully saturated rings. The Bertz CT molecular complexity index is 602. The van der Waals surface area contributed by atoms with Gasteiger partial charge in [-0.2, -0.15) is 0 Å². The van der Waals surface area contributed by atoms with Gasteiger partial charge in [-0.1, -0.05) is 5.16 Å². The van der Waals surface area contributed by atoms with Gasteiger partial charge in [-0.05, 0) is 45.0 Å². The van der Waals surface area contributed by atoms with Crippen LogP contribution in [0.25, 0.3) is 0 Å². The maximum Gasteiger partial charge on any atom is 0.320 e. The number of urea groups is 1. The van der Waals surface area contributed by atoms with E-state index in [1.165, 1.54) is 12.8 Å². The van der Waals surface area contributed by atoms with Crippen LogP contribution in [0.3, 0.4) is 0 Å². The van der Waals surface area contributed by atoms with Crippen molar-refractivity contribution in [2.24, 2.45) is 0 Å². The van der Waals surface area contributed by atoms with Crippen LogP contribution >= 0.6 is 0 Å². The summed E-state index contributed by atoms with van der Waals surface area (Å²) in [6.07, 6.45) is 4.03. The molecular weight excluding hydrogens is 284 g/mol. The summed E-state index contributed by atoms with van der Waals surface area (Å²) in [5.74, 6) is 1.94. The summed E-state index contributed by atoms with van der Waals surface area (Å²) in [5.41, 5.74) is 0. The third kappa shape index (κ3) is 3.48. The number of amides is 2. The average molecular weight is 304 g/mol. The lowest BCUT2D eigenvalue weighted by atomic mass is 10.2. The molecule has 2 N–H and O–H groups in total. The number of hydrogen-bond acceptors (Lipinski definition) is 5. The summed E-state index contributed by atoms with van der Waals surface area (Å²) >= 11 is 0. The van der Waals surface area contributed by atoms with Crippen LogP contribution in [0, 0.1) is 6.92 Å². The van der Waals surface area contributed by atoms with Crippen molar-refractivity contribution >= 4 is 11.8 Å². The molecule has 1 atom stereocenters. The number of aromatic nitrogens is 1. The normalized spacial score (nSPS) is 16.6. The highest BCUT2D eigenvalue weighted by molar-refractivity contribution is 5.88. The van der Waals surface area contributed by atoms with Crippen LogP contribution in [0.2, 0.25) is 0 Å². The lowest BCUT2D eigenvalue weighted by Gasteiger charge is -2.25. The molecule has 3 rings (SSSR count). The fraction of sp³-hybridized carbons (Fsp3) is 0.467. The summed E-state index contributed by atoms with van der Waals surface area (Å²) in [7, 11) is 0. The molecule has 0 aliphatic carbocycles. The highest BCUT2D eigenvalue weighted by atomic mass is 16.5. The van der Waals surface area contributed by atoms with Crippen molar-refractivity contribution in [3.05, 3.63) is 36.0 Å². The number of anilines is 1. The molecule has 7 heteroatoms. The molecule has 0 spiro atoms. The zero-order chi connectivity index (χ0) is 15.4. The maximum absolute atomic E-state index is 12.0. The molecule has 7 nitrogen and oxygen atoms in total. The molecule has 22 heavy (non-hydrogen) atoms. The molecule has 2 amide bonds. The van der Waals surface area contributed by atoms with Gasteiger partial charge in [0.25, 0.3) is 0 Å². The van der Waals surface area contributed by atoms with Crippen molar-refractivity contribution in [2.45, 2.75) is 25.8 Å². The van der Waals surface area contributed by atoms with E-state index < -0.39 is 0 Å². The molecule has 0 unspecified atom stereocenters. The molecule has 2 aromatic heterocycles. The van der Waals surface area contributed by atoms with E-state index in [1.807, 2.05) is 12.1 Å². The van der Waals surface area contributed by atoms with Gasteiger partial charge in [0.2, 0.25) is 0 Å². The van der Waals surface area contributed by atoms with Crippen molar-refractivity contribution in [3.63, 3.8) is 0 Å². The Kier molecular flexibility index (Phi) is 4.43. The summed E-state index contributed by atoms with van der Waals surface area (Å²) in [5, 5.41) is 9.26. The van der Waals surface area contributed by atoms with Crippen LogP contribution < -0.4 is 10.6 Å². The van der Waals surface area contributed by atoms with E-state index in [1.54, 1.807) is 19.3 Å². The largest absolute Gasteiger partial charge is 0.468 e. The first kappa shape index (κ1) is 14.6. The van der Waals surface area contributed by atoms with Gasteiger partial charge in [0, 0.05) is 12.6 Å². The highest BCUT2D eigenvalue weighted by Gasteiger charge is 2.25. The van der Waals surface area contributed by atoms with Crippen LogP contribution in [-0.4, -0.2) is 35.7 Å². The van der Waals surface area contributed by atoms with Crippen LogP contribution in [0.5, 0.6) is 0 Å². The molecule has 118 valence electrons. The van der Waals surface area contributed by atoms with Gasteiger partial charge < -0.3 is 14.3 Å². The van der Waals surface area contributed by atoms with E-state index >= 15 is 0 Å². The molecule has 0 saturated carbocycles. The van der Waals surface area contributed by atoms with E-state index in [0.29, 0.717) is 18.1 Å². The summed E-state index contributed by atoms with van der Waals surface area (Å²) in [6, 6.07) is 5.25. The third-order valence-electron chi connectivity index (χ3n) is 3.78. The van der Waals surface area contributed by atoms with Crippen LogP contribution in [0.1, 0.15) is 30.4 Å². The Labute approximate surface area is 128 Å².